The zero-order valence-corrected chi connectivity index (χ0v) is 20.3. The average molecular weight is 479 g/mol. The van der Waals surface area contributed by atoms with Crippen molar-refractivity contribution in [3.8, 4) is 22.4 Å². The topological polar surface area (TPSA) is 81.3 Å². The van der Waals surface area contributed by atoms with E-state index in [0.29, 0.717) is 18.4 Å². The van der Waals surface area contributed by atoms with Crippen LogP contribution >= 0.6 is 0 Å². The smallest absolute Gasteiger partial charge is 0.339 e. The predicted molar refractivity (Wildman–Crippen MR) is 143 cm³/mol. The zero-order chi connectivity index (χ0) is 24.5. The van der Waals surface area contributed by atoms with Crippen LogP contribution in [0.5, 0.6) is 0 Å². The fourth-order valence-corrected chi connectivity index (χ4v) is 5.13. The fourth-order valence-electron chi connectivity index (χ4n) is 5.13. The molecule has 6 heteroatoms. The number of nitrogens with zero attached hydrogens (tertiary/aromatic N) is 3. The highest BCUT2D eigenvalue weighted by molar-refractivity contribution is 5.97. The monoisotopic (exact) mass is 478 g/mol. The molecule has 2 fully saturated rings. The van der Waals surface area contributed by atoms with Gasteiger partial charge in [0.2, 0.25) is 0 Å². The highest BCUT2D eigenvalue weighted by atomic mass is 16.6. The summed E-state index contributed by atoms with van der Waals surface area (Å²) in [6.45, 7) is 2.05. The van der Waals surface area contributed by atoms with E-state index in [-0.39, 0.29) is 5.97 Å². The average Bonchev–Trinajstić information content (AvgIpc) is 2.92. The maximum atomic E-state index is 12.6. The van der Waals surface area contributed by atoms with Crippen molar-refractivity contribution in [2.45, 2.75) is 44.2 Å². The zero-order valence-electron chi connectivity index (χ0n) is 20.3. The molecule has 0 atom stereocenters. The van der Waals surface area contributed by atoms with Gasteiger partial charge in [0.1, 0.15) is 5.82 Å². The van der Waals surface area contributed by atoms with Gasteiger partial charge < -0.3 is 9.64 Å². The first-order chi connectivity index (χ1) is 17.6. The minimum atomic E-state index is -0.809. The van der Waals surface area contributed by atoms with E-state index in [1.54, 1.807) is 12.1 Å². The first kappa shape index (κ1) is 22.7. The van der Waals surface area contributed by atoms with Crippen LogP contribution in [-0.4, -0.2) is 34.8 Å². The van der Waals surface area contributed by atoms with Crippen molar-refractivity contribution in [3.63, 3.8) is 0 Å². The third kappa shape index (κ3) is 4.33. The van der Waals surface area contributed by atoms with Gasteiger partial charge >= 0.3 is 5.97 Å². The molecule has 1 saturated carbocycles. The lowest BCUT2D eigenvalue weighted by molar-refractivity contribution is -0.0580. The number of carbonyl (C=O) groups is 1. The van der Waals surface area contributed by atoms with Crippen LogP contribution in [0.25, 0.3) is 33.3 Å². The van der Waals surface area contributed by atoms with Crippen LogP contribution in [0, 0.1) is 0 Å². The molecule has 2 aromatic carbocycles. The number of anilines is 1. The van der Waals surface area contributed by atoms with Crippen LogP contribution in [0.3, 0.4) is 0 Å². The molecule has 1 aliphatic carbocycles. The molecule has 182 valence electrons. The Morgan fingerprint density at radius 3 is 2.33 bits per heavy atom. The Hall–Kier alpha value is -3.77. The van der Waals surface area contributed by atoms with Gasteiger partial charge in [-0.1, -0.05) is 42.5 Å². The van der Waals surface area contributed by atoms with Crippen LogP contribution in [0.1, 0.15) is 48.9 Å². The van der Waals surface area contributed by atoms with Crippen LogP contribution in [0.2, 0.25) is 0 Å². The van der Waals surface area contributed by atoms with Gasteiger partial charge in [-0.2, -0.15) is 0 Å². The van der Waals surface area contributed by atoms with Gasteiger partial charge in [-0.05, 0) is 55.5 Å². The molecular formula is C30H30N4O2. The number of benzene rings is 2. The van der Waals surface area contributed by atoms with Crippen LogP contribution in [0.15, 0.2) is 72.9 Å². The molecule has 0 amide bonds. The Morgan fingerprint density at radius 2 is 1.64 bits per heavy atom. The number of piperidine rings is 1. The van der Waals surface area contributed by atoms with E-state index in [1.165, 1.54) is 19.3 Å². The normalized spacial score (nSPS) is 17.0. The number of carbonyl (C=O) groups excluding carboxylic acids is 1. The summed E-state index contributed by atoms with van der Waals surface area (Å²) in [6.07, 6.45) is 7.93. The molecule has 0 spiro atoms. The standard InChI is InChI=1S/C30H30N4O2/c31-30(15-7-16-30)36-29(35)23-12-10-22(11-13-23)27-24(21-8-3-1-4-9-21)20-25-26(33-27)14-17-32-28(25)34-18-5-2-6-19-34/h1,3-4,8-14,17,20H,2,5-7,15-16,18-19,31H2. The number of fused-ring (bicyclic) bond motifs is 1. The number of nitrogens with two attached hydrogens (primary N) is 1. The van der Waals surface area contributed by atoms with Crippen molar-refractivity contribution in [2.75, 3.05) is 18.0 Å². The first-order valence-corrected chi connectivity index (χ1v) is 12.8. The molecule has 6 rings (SSSR count). The molecular weight excluding hydrogens is 448 g/mol. The number of rotatable bonds is 5. The summed E-state index contributed by atoms with van der Waals surface area (Å²) in [7, 11) is 0. The Balaban J connectivity index is 1.42. The summed E-state index contributed by atoms with van der Waals surface area (Å²) in [6, 6.07) is 22.0. The van der Waals surface area contributed by atoms with Gasteiger partial charge in [0.15, 0.2) is 5.72 Å². The van der Waals surface area contributed by atoms with Gasteiger partial charge in [0.25, 0.3) is 0 Å². The van der Waals surface area contributed by atoms with Crippen molar-refractivity contribution < 1.29 is 9.53 Å². The van der Waals surface area contributed by atoms with E-state index >= 15 is 0 Å². The molecule has 0 radical (unpaired) electrons. The Bertz CT molecular complexity index is 1390. The quantitative estimate of drug-likeness (QED) is 0.282. The number of esters is 1. The van der Waals surface area contributed by atoms with Gasteiger partial charge in [0, 0.05) is 48.6 Å². The summed E-state index contributed by atoms with van der Waals surface area (Å²) in [5.41, 5.74) is 10.7. The van der Waals surface area contributed by atoms with Gasteiger partial charge in [-0.15, -0.1) is 0 Å². The van der Waals surface area contributed by atoms with Crippen LogP contribution < -0.4 is 10.6 Å². The minimum Gasteiger partial charge on any atom is -0.441 e. The second kappa shape index (κ2) is 9.36. The molecule has 2 N–H and O–H groups in total. The number of pyridine rings is 2. The molecule has 3 heterocycles. The molecule has 36 heavy (non-hydrogen) atoms. The lowest BCUT2D eigenvalue weighted by Crippen LogP contribution is -2.50. The van der Waals surface area contributed by atoms with E-state index in [4.69, 9.17) is 20.4 Å². The number of aromatic nitrogens is 2. The molecule has 1 aliphatic heterocycles. The second-order valence-corrected chi connectivity index (χ2v) is 9.88. The maximum absolute atomic E-state index is 12.6. The van der Waals surface area contributed by atoms with Crippen LogP contribution in [0.4, 0.5) is 5.82 Å². The van der Waals surface area contributed by atoms with Crippen molar-refractivity contribution >= 4 is 22.7 Å². The summed E-state index contributed by atoms with van der Waals surface area (Å²) in [4.78, 5) is 24.9. The maximum Gasteiger partial charge on any atom is 0.339 e. The van der Waals surface area contributed by atoms with E-state index in [2.05, 4.69) is 23.1 Å². The SMILES string of the molecule is NC1(OC(=O)c2ccc(-c3nc4ccnc(N5CCCCC5)c4cc3-c3ccccc3)cc2)CCC1. The molecule has 1 saturated heterocycles. The summed E-state index contributed by atoms with van der Waals surface area (Å²) in [5, 5.41) is 1.07. The summed E-state index contributed by atoms with van der Waals surface area (Å²) < 4.78 is 5.54. The number of hydrogen-bond acceptors (Lipinski definition) is 6. The van der Waals surface area contributed by atoms with E-state index in [1.807, 2.05) is 42.6 Å². The van der Waals surface area contributed by atoms with Crippen molar-refractivity contribution in [1.82, 2.24) is 9.97 Å². The van der Waals surface area contributed by atoms with Gasteiger partial charge in [-0.3, -0.25) is 5.73 Å². The third-order valence-electron chi connectivity index (χ3n) is 7.35. The van der Waals surface area contributed by atoms with Crippen molar-refractivity contribution in [3.05, 3.63) is 78.5 Å². The minimum absolute atomic E-state index is 0.379. The van der Waals surface area contributed by atoms with Crippen molar-refractivity contribution in [1.29, 1.82) is 0 Å². The lowest BCUT2D eigenvalue weighted by Gasteiger charge is -2.36. The highest BCUT2D eigenvalue weighted by Gasteiger charge is 2.36. The van der Waals surface area contributed by atoms with Crippen LogP contribution in [-0.2, 0) is 4.74 Å². The van der Waals surface area contributed by atoms with E-state index < -0.39 is 5.72 Å². The summed E-state index contributed by atoms with van der Waals surface area (Å²) in [5.74, 6) is 0.629. The second-order valence-electron chi connectivity index (χ2n) is 9.88. The lowest BCUT2D eigenvalue weighted by atomic mass is 9.89. The van der Waals surface area contributed by atoms with Crippen molar-refractivity contribution in [2.24, 2.45) is 5.73 Å². The largest absolute Gasteiger partial charge is 0.441 e. The number of ether oxygens (including phenoxy) is 1. The Kier molecular flexibility index (Phi) is 5.89. The van der Waals surface area contributed by atoms with Gasteiger partial charge in [0.05, 0.1) is 16.8 Å². The Labute approximate surface area is 211 Å². The molecule has 6 nitrogen and oxygen atoms in total. The first-order valence-electron chi connectivity index (χ1n) is 12.8. The van der Waals surface area contributed by atoms with Gasteiger partial charge in [-0.25, -0.2) is 14.8 Å². The molecule has 2 aromatic heterocycles. The molecule has 4 aromatic rings. The Morgan fingerprint density at radius 1 is 0.889 bits per heavy atom. The van der Waals surface area contributed by atoms with E-state index in [0.717, 1.165) is 58.6 Å². The molecule has 2 aliphatic rings. The number of hydrogen-bond donors (Lipinski definition) is 1. The molecule has 0 bridgehead atoms. The predicted octanol–water partition coefficient (Wildman–Crippen LogP) is 5.95. The highest BCUT2D eigenvalue weighted by Crippen LogP contribution is 2.37. The van der Waals surface area contributed by atoms with E-state index in [9.17, 15) is 4.79 Å². The summed E-state index contributed by atoms with van der Waals surface area (Å²) >= 11 is 0. The fraction of sp³-hybridized carbons (Fsp3) is 0.300. The molecule has 0 unspecified atom stereocenters. The third-order valence-corrected chi connectivity index (χ3v) is 7.35.